The van der Waals surface area contributed by atoms with Gasteiger partial charge in [0.15, 0.2) is 0 Å². The standard InChI is InChI=1S/C13H16N2O3S/c16-12(17)6-3-9-1-4-10(5-2-9)15-13(18)11-7-19-8-14-11/h1-2,4-5,11,14H,3,6-8H2,(H,15,18)(H,16,17). The molecule has 1 aromatic rings. The molecule has 19 heavy (non-hydrogen) atoms. The Morgan fingerprint density at radius 3 is 2.68 bits per heavy atom. The van der Waals surface area contributed by atoms with Crippen LogP contribution in [0.5, 0.6) is 0 Å². The molecule has 1 heterocycles. The van der Waals surface area contributed by atoms with E-state index >= 15 is 0 Å². The van der Waals surface area contributed by atoms with Crippen LogP contribution in [-0.4, -0.2) is 34.7 Å². The Morgan fingerprint density at radius 2 is 2.11 bits per heavy atom. The first-order chi connectivity index (χ1) is 9.15. The van der Waals surface area contributed by atoms with E-state index in [-0.39, 0.29) is 18.4 Å². The highest BCUT2D eigenvalue weighted by molar-refractivity contribution is 7.99. The number of hydrogen-bond acceptors (Lipinski definition) is 4. The Hall–Kier alpha value is -1.53. The molecule has 2 rings (SSSR count). The number of hydrogen-bond donors (Lipinski definition) is 3. The van der Waals surface area contributed by atoms with Crippen LogP contribution in [0.2, 0.25) is 0 Å². The van der Waals surface area contributed by atoms with Gasteiger partial charge in [-0.2, -0.15) is 0 Å². The predicted octanol–water partition coefficient (Wildman–Crippen LogP) is 1.30. The zero-order chi connectivity index (χ0) is 13.7. The lowest BCUT2D eigenvalue weighted by Gasteiger charge is -2.10. The molecule has 0 saturated carbocycles. The molecular weight excluding hydrogens is 264 g/mol. The van der Waals surface area contributed by atoms with E-state index in [1.54, 1.807) is 23.9 Å². The van der Waals surface area contributed by atoms with Crippen LogP contribution < -0.4 is 10.6 Å². The summed E-state index contributed by atoms with van der Waals surface area (Å²) in [6.45, 7) is 0. The average Bonchev–Trinajstić information content (AvgIpc) is 2.92. The van der Waals surface area contributed by atoms with Crippen LogP contribution >= 0.6 is 11.8 Å². The van der Waals surface area contributed by atoms with Gasteiger partial charge in [0.25, 0.3) is 0 Å². The van der Waals surface area contributed by atoms with Gasteiger partial charge in [0.1, 0.15) is 0 Å². The summed E-state index contributed by atoms with van der Waals surface area (Å²) in [4.78, 5) is 22.3. The minimum atomic E-state index is -0.804. The maximum absolute atomic E-state index is 11.9. The number of aliphatic carboxylic acids is 1. The molecule has 3 N–H and O–H groups in total. The van der Waals surface area contributed by atoms with E-state index in [4.69, 9.17) is 5.11 Å². The zero-order valence-electron chi connectivity index (χ0n) is 10.4. The van der Waals surface area contributed by atoms with Crippen molar-refractivity contribution in [3.8, 4) is 0 Å². The van der Waals surface area contributed by atoms with Crippen LogP contribution in [0, 0.1) is 0 Å². The number of carboxylic acid groups (broad SMARTS) is 1. The van der Waals surface area contributed by atoms with Crippen LogP contribution in [0.3, 0.4) is 0 Å². The van der Waals surface area contributed by atoms with Crippen LogP contribution in [0.15, 0.2) is 24.3 Å². The molecule has 1 unspecified atom stereocenters. The van der Waals surface area contributed by atoms with Gasteiger partial charge in [-0.15, -0.1) is 11.8 Å². The Kier molecular flexibility index (Phi) is 4.81. The number of carbonyl (C=O) groups is 2. The van der Waals surface area contributed by atoms with E-state index in [9.17, 15) is 9.59 Å². The number of rotatable bonds is 5. The molecule has 1 atom stereocenters. The third-order valence-electron chi connectivity index (χ3n) is 2.88. The highest BCUT2D eigenvalue weighted by atomic mass is 32.2. The minimum Gasteiger partial charge on any atom is -0.481 e. The lowest BCUT2D eigenvalue weighted by molar-refractivity contribution is -0.137. The smallest absolute Gasteiger partial charge is 0.303 e. The Balaban J connectivity index is 1.87. The molecule has 0 aromatic heterocycles. The van der Waals surface area contributed by atoms with Crippen LogP contribution in [0.1, 0.15) is 12.0 Å². The number of amides is 1. The first-order valence-corrected chi connectivity index (χ1v) is 7.23. The van der Waals surface area contributed by atoms with Gasteiger partial charge >= 0.3 is 5.97 Å². The van der Waals surface area contributed by atoms with E-state index in [2.05, 4.69) is 10.6 Å². The van der Waals surface area contributed by atoms with Gasteiger partial charge in [-0.3, -0.25) is 14.9 Å². The molecule has 0 aliphatic carbocycles. The molecule has 1 saturated heterocycles. The third kappa shape index (κ3) is 4.25. The van der Waals surface area contributed by atoms with E-state index in [1.807, 2.05) is 12.1 Å². The van der Waals surface area contributed by atoms with Crippen molar-refractivity contribution in [1.82, 2.24) is 5.32 Å². The fourth-order valence-corrected chi connectivity index (χ4v) is 2.74. The van der Waals surface area contributed by atoms with Gasteiger partial charge < -0.3 is 10.4 Å². The van der Waals surface area contributed by atoms with E-state index in [0.717, 1.165) is 22.9 Å². The Bertz CT molecular complexity index is 455. The van der Waals surface area contributed by atoms with Gasteiger partial charge in [-0.05, 0) is 24.1 Å². The summed E-state index contributed by atoms with van der Waals surface area (Å²) in [5.74, 6) is 0.778. The Morgan fingerprint density at radius 1 is 1.37 bits per heavy atom. The SMILES string of the molecule is O=C(O)CCc1ccc(NC(=O)C2CSCN2)cc1. The molecule has 6 heteroatoms. The highest BCUT2D eigenvalue weighted by Gasteiger charge is 2.22. The molecule has 1 aromatic carbocycles. The molecule has 1 amide bonds. The lowest BCUT2D eigenvalue weighted by Crippen LogP contribution is -2.37. The average molecular weight is 280 g/mol. The second kappa shape index (κ2) is 6.58. The largest absolute Gasteiger partial charge is 0.481 e. The summed E-state index contributed by atoms with van der Waals surface area (Å²) in [5.41, 5.74) is 1.69. The molecule has 1 aliphatic rings. The minimum absolute atomic E-state index is 0.0247. The summed E-state index contributed by atoms with van der Waals surface area (Å²) in [7, 11) is 0. The van der Waals surface area contributed by atoms with E-state index < -0.39 is 5.97 Å². The van der Waals surface area contributed by atoms with Crippen molar-refractivity contribution in [2.45, 2.75) is 18.9 Å². The summed E-state index contributed by atoms with van der Waals surface area (Å²) in [6.07, 6.45) is 0.624. The zero-order valence-corrected chi connectivity index (χ0v) is 11.2. The molecule has 0 spiro atoms. The van der Waals surface area contributed by atoms with Crippen molar-refractivity contribution in [2.24, 2.45) is 0 Å². The molecular formula is C13H16N2O3S. The summed E-state index contributed by atoms with van der Waals surface area (Å²) >= 11 is 1.71. The molecule has 0 bridgehead atoms. The van der Waals surface area contributed by atoms with Crippen LogP contribution in [0.4, 0.5) is 5.69 Å². The quantitative estimate of drug-likeness (QED) is 0.758. The number of thioether (sulfide) groups is 1. The van der Waals surface area contributed by atoms with Crippen molar-refractivity contribution >= 4 is 29.3 Å². The van der Waals surface area contributed by atoms with Crippen molar-refractivity contribution in [3.05, 3.63) is 29.8 Å². The van der Waals surface area contributed by atoms with E-state index in [1.165, 1.54) is 0 Å². The molecule has 5 nitrogen and oxygen atoms in total. The first-order valence-electron chi connectivity index (χ1n) is 6.08. The van der Waals surface area contributed by atoms with Gasteiger partial charge in [-0.25, -0.2) is 0 Å². The maximum Gasteiger partial charge on any atom is 0.303 e. The van der Waals surface area contributed by atoms with Crippen molar-refractivity contribution in [2.75, 3.05) is 16.9 Å². The molecule has 1 aliphatic heterocycles. The second-order valence-corrected chi connectivity index (χ2v) is 5.38. The van der Waals surface area contributed by atoms with Gasteiger partial charge in [0, 0.05) is 23.7 Å². The number of carbonyl (C=O) groups excluding carboxylic acids is 1. The fourth-order valence-electron chi connectivity index (χ4n) is 1.80. The van der Waals surface area contributed by atoms with Crippen molar-refractivity contribution in [1.29, 1.82) is 0 Å². The van der Waals surface area contributed by atoms with Gasteiger partial charge in [-0.1, -0.05) is 12.1 Å². The monoisotopic (exact) mass is 280 g/mol. The van der Waals surface area contributed by atoms with Crippen LogP contribution in [-0.2, 0) is 16.0 Å². The number of benzene rings is 1. The topological polar surface area (TPSA) is 78.4 Å². The number of aryl methyl sites for hydroxylation is 1. The number of carboxylic acids is 1. The molecule has 1 fully saturated rings. The van der Waals surface area contributed by atoms with Crippen molar-refractivity contribution < 1.29 is 14.7 Å². The summed E-state index contributed by atoms with van der Waals surface area (Å²) < 4.78 is 0. The summed E-state index contributed by atoms with van der Waals surface area (Å²) in [6, 6.07) is 7.16. The predicted molar refractivity (Wildman–Crippen MR) is 75.3 cm³/mol. The highest BCUT2D eigenvalue weighted by Crippen LogP contribution is 2.14. The van der Waals surface area contributed by atoms with E-state index in [0.29, 0.717) is 6.42 Å². The Labute approximate surface area is 115 Å². The van der Waals surface area contributed by atoms with Crippen LogP contribution in [0.25, 0.3) is 0 Å². The summed E-state index contributed by atoms with van der Waals surface area (Å²) in [5, 5.41) is 14.6. The lowest BCUT2D eigenvalue weighted by atomic mass is 10.1. The normalized spacial score (nSPS) is 18.2. The first kappa shape index (κ1) is 13.9. The second-order valence-electron chi connectivity index (χ2n) is 4.35. The number of anilines is 1. The molecule has 0 radical (unpaired) electrons. The number of nitrogens with one attached hydrogen (secondary N) is 2. The maximum atomic E-state index is 11.9. The van der Waals surface area contributed by atoms with Gasteiger partial charge in [0.05, 0.1) is 6.04 Å². The molecule has 102 valence electrons. The fraction of sp³-hybridized carbons (Fsp3) is 0.385. The third-order valence-corrected chi connectivity index (χ3v) is 3.82. The van der Waals surface area contributed by atoms with Gasteiger partial charge in [0.2, 0.25) is 5.91 Å². The van der Waals surface area contributed by atoms with Crippen molar-refractivity contribution in [3.63, 3.8) is 0 Å².